The third kappa shape index (κ3) is 3.41. The Kier molecular flexibility index (Phi) is 5.12. The second-order valence-corrected chi connectivity index (χ2v) is 6.97. The monoisotopic (exact) mass is 361 g/mol. The third-order valence-corrected chi connectivity index (χ3v) is 5.11. The quantitative estimate of drug-likeness (QED) is 0.615. The van der Waals surface area contributed by atoms with Crippen LogP contribution in [0.4, 0.5) is 0 Å². The number of ether oxygens (including phenoxy) is 1. The molecule has 0 saturated carbocycles. The van der Waals surface area contributed by atoms with E-state index >= 15 is 0 Å². The fraction of sp³-hybridized carbons (Fsp3) is 0.294. The summed E-state index contributed by atoms with van der Waals surface area (Å²) in [4.78, 5) is 11.7. The number of methoxy groups -OCH3 is 1. The van der Waals surface area contributed by atoms with Crippen molar-refractivity contribution in [2.75, 3.05) is 7.11 Å². The summed E-state index contributed by atoms with van der Waals surface area (Å²) in [7, 11) is 0.0653. The van der Waals surface area contributed by atoms with Crippen molar-refractivity contribution in [3.05, 3.63) is 46.8 Å². The van der Waals surface area contributed by atoms with Gasteiger partial charge in [-0.15, -0.1) is 0 Å². The predicted octanol–water partition coefficient (Wildman–Crippen LogP) is 1.57. The highest BCUT2D eigenvalue weighted by Gasteiger charge is 2.18. The zero-order valence-electron chi connectivity index (χ0n) is 13.9. The molecule has 3 rings (SSSR count). The van der Waals surface area contributed by atoms with E-state index in [2.05, 4.69) is 15.0 Å². The lowest BCUT2D eigenvalue weighted by molar-refractivity contribution is 0.271. The van der Waals surface area contributed by atoms with Gasteiger partial charge in [0.15, 0.2) is 5.16 Å². The predicted molar refractivity (Wildman–Crippen MR) is 93.6 cm³/mol. The molecular formula is C17H19N3O4S. The average molecular weight is 361 g/mol. The Bertz CT molecular complexity index is 939. The smallest absolute Gasteiger partial charge is 0.197 e. The summed E-state index contributed by atoms with van der Waals surface area (Å²) in [5.74, 6) is 0.667. The lowest BCUT2D eigenvalue weighted by atomic mass is 10.1. The van der Waals surface area contributed by atoms with Crippen LogP contribution in [0.1, 0.15) is 22.4 Å². The van der Waals surface area contributed by atoms with Crippen molar-refractivity contribution in [1.82, 2.24) is 15.0 Å². The molecule has 0 spiro atoms. The molecule has 0 aliphatic heterocycles. The molecule has 0 aliphatic rings. The number of hydrogen-bond acceptors (Lipinski definition) is 6. The molecule has 0 radical (unpaired) electrons. The Balaban J connectivity index is 1.92. The van der Waals surface area contributed by atoms with Crippen molar-refractivity contribution >= 4 is 21.8 Å². The Morgan fingerprint density at radius 2 is 2.08 bits per heavy atom. The van der Waals surface area contributed by atoms with Gasteiger partial charge in [-0.05, 0) is 24.6 Å². The highest BCUT2D eigenvalue weighted by atomic mass is 32.2. The maximum Gasteiger partial charge on any atom is 0.197 e. The first-order valence-corrected chi connectivity index (χ1v) is 8.99. The fourth-order valence-corrected chi connectivity index (χ4v) is 3.74. The number of nitrogens with one attached hydrogen (secondary N) is 1. The number of pyridine rings is 1. The molecule has 0 amide bonds. The first-order chi connectivity index (χ1) is 12.1. The molecule has 2 heterocycles. The summed E-state index contributed by atoms with van der Waals surface area (Å²) < 4.78 is 18.0. The van der Waals surface area contributed by atoms with Gasteiger partial charge in [0.1, 0.15) is 5.75 Å². The molecule has 1 atom stereocenters. The number of aryl methyl sites for hydroxylation is 1. The van der Waals surface area contributed by atoms with Crippen LogP contribution in [0, 0.1) is 6.92 Å². The summed E-state index contributed by atoms with van der Waals surface area (Å²) in [6.07, 6.45) is 1.64. The fourth-order valence-electron chi connectivity index (χ4n) is 2.68. The number of rotatable bonds is 6. The Hall–Kier alpha value is -2.29. The van der Waals surface area contributed by atoms with E-state index in [9.17, 15) is 14.4 Å². The molecule has 25 heavy (non-hydrogen) atoms. The van der Waals surface area contributed by atoms with E-state index in [1.54, 1.807) is 24.4 Å². The van der Waals surface area contributed by atoms with Crippen LogP contribution in [-0.4, -0.2) is 36.5 Å². The molecule has 0 aliphatic carbocycles. The molecule has 8 heteroatoms. The van der Waals surface area contributed by atoms with Gasteiger partial charge in [-0.3, -0.25) is 9.19 Å². The summed E-state index contributed by atoms with van der Waals surface area (Å²) in [5.41, 5.74) is 4.00. The van der Waals surface area contributed by atoms with Crippen molar-refractivity contribution in [2.24, 2.45) is 0 Å². The topological polar surface area (TPSA) is 108 Å². The van der Waals surface area contributed by atoms with Gasteiger partial charge in [-0.25, -0.2) is 4.98 Å². The lowest BCUT2D eigenvalue weighted by Crippen LogP contribution is -2.07. The number of hydrogen-bond donors (Lipinski definition) is 3. The number of benzene rings is 1. The molecule has 7 nitrogen and oxygen atoms in total. The minimum Gasteiger partial charge on any atom is -0.496 e. The Labute approximate surface area is 147 Å². The molecule has 3 N–H and O–H groups in total. The largest absolute Gasteiger partial charge is 0.496 e. The van der Waals surface area contributed by atoms with Crippen LogP contribution in [0.25, 0.3) is 11.0 Å². The van der Waals surface area contributed by atoms with E-state index in [4.69, 9.17) is 4.74 Å². The van der Waals surface area contributed by atoms with Crippen LogP contribution in [-0.2, 0) is 29.8 Å². The Morgan fingerprint density at radius 3 is 2.76 bits per heavy atom. The number of H-pyrrole nitrogens is 1. The van der Waals surface area contributed by atoms with Gasteiger partial charge in [0.2, 0.25) is 0 Å². The summed E-state index contributed by atoms with van der Waals surface area (Å²) in [6, 6.07) is 5.31. The number of aromatic nitrogens is 3. The summed E-state index contributed by atoms with van der Waals surface area (Å²) >= 11 is 0. The van der Waals surface area contributed by atoms with Crippen LogP contribution in [0.15, 0.2) is 29.6 Å². The molecule has 0 saturated heterocycles. The number of aliphatic hydroxyl groups is 2. The van der Waals surface area contributed by atoms with Crippen LogP contribution >= 0.6 is 0 Å². The lowest BCUT2D eigenvalue weighted by Gasteiger charge is -2.13. The van der Waals surface area contributed by atoms with E-state index in [1.807, 2.05) is 6.92 Å². The number of fused-ring (bicyclic) bond motifs is 1. The first-order valence-electron chi connectivity index (χ1n) is 7.67. The van der Waals surface area contributed by atoms with Gasteiger partial charge in [-0.1, -0.05) is 6.07 Å². The van der Waals surface area contributed by atoms with Crippen LogP contribution in [0.5, 0.6) is 5.75 Å². The van der Waals surface area contributed by atoms with Crippen LogP contribution < -0.4 is 4.74 Å². The van der Waals surface area contributed by atoms with Gasteiger partial charge >= 0.3 is 0 Å². The van der Waals surface area contributed by atoms with Crippen LogP contribution in [0.3, 0.4) is 0 Å². The molecule has 2 aromatic heterocycles. The van der Waals surface area contributed by atoms with Gasteiger partial charge in [0, 0.05) is 17.3 Å². The minimum atomic E-state index is -1.46. The molecule has 1 aromatic carbocycles. The summed E-state index contributed by atoms with van der Waals surface area (Å²) in [6.45, 7) is 1.52. The van der Waals surface area contributed by atoms with Crippen molar-refractivity contribution in [3.8, 4) is 5.75 Å². The van der Waals surface area contributed by atoms with Crippen LogP contribution in [0.2, 0.25) is 0 Å². The molecule has 1 unspecified atom stereocenters. The zero-order chi connectivity index (χ0) is 18.0. The maximum absolute atomic E-state index is 12.7. The normalized spacial score (nSPS) is 12.5. The minimum absolute atomic E-state index is 0.0691. The highest BCUT2D eigenvalue weighted by Crippen LogP contribution is 2.26. The van der Waals surface area contributed by atoms with Gasteiger partial charge in [0.25, 0.3) is 0 Å². The Morgan fingerprint density at radius 1 is 1.28 bits per heavy atom. The van der Waals surface area contributed by atoms with E-state index < -0.39 is 10.8 Å². The average Bonchev–Trinajstić information content (AvgIpc) is 3.05. The molecule has 0 fully saturated rings. The molecular weight excluding hydrogens is 342 g/mol. The maximum atomic E-state index is 12.7. The number of aliphatic hydroxyl groups excluding tert-OH is 2. The summed E-state index contributed by atoms with van der Waals surface area (Å²) in [5, 5.41) is 19.2. The van der Waals surface area contributed by atoms with Crippen molar-refractivity contribution in [3.63, 3.8) is 0 Å². The zero-order valence-corrected chi connectivity index (χ0v) is 14.8. The third-order valence-electron chi connectivity index (χ3n) is 3.95. The molecule has 0 bridgehead atoms. The van der Waals surface area contributed by atoms with E-state index in [-0.39, 0.29) is 19.0 Å². The van der Waals surface area contributed by atoms with Gasteiger partial charge in [-0.2, -0.15) is 0 Å². The number of imidazole rings is 1. The van der Waals surface area contributed by atoms with E-state index in [0.717, 1.165) is 11.1 Å². The van der Waals surface area contributed by atoms with E-state index in [0.29, 0.717) is 33.2 Å². The second-order valence-electron chi connectivity index (χ2n) is 5.60. The molecule has 3 aromatic rings. The van der Waals surface area contributed by atoms with Gasteiger partial charge in [0.05, 0.1) is 53.6 Å². The number of nitrogens with zero attached hydrogens (tertiary/aromatic N) is 2. The van der Waals surface area contributed by atoms with Crippen molar-refractivity contribution in [2.45, 2.75) is 31.0 Å². The first kappa shape index (κ1) is 17.5. The van der Waals surface area contributed by atoms with E-state index in [1.165, 1.54) is 7.11 Å². The SMILES string of the molecule is COc1c(C)cnc(CS(=O)c2nc3ccc(CO)cc3[nH]2)c1CO. The van der Waals surface area contributed by atoms with Crippen molar-refractivity contribution in [1.29, 1.82) is 0 Å². The second kappa shape index (κ2) is 7.30. The van der Waals surface area contributed by atoms with Crippen molar-refractivity contribution < 1.29 is 19.2 Å². The van der Waals surface area contributed by atoms with Gasteiger partial charge < -0.3 is 19.9 Å². The number of aromatic amines is 1. The highest BCUT2D eigenvalue weighted by molar-refractivity contribution is 7.84. The molecule has 132 valence electrons. The standard InChI is InChI=1S/C17H19N3O4S/c1-10-6-18-15(12(8-22)16(10)24-2)9-25(23)17-19-13-4-3-11(7-21)5-14(13)20-17/h3-6,21-22H,7-9H2,1-2H3,(H,19,20).